The lowest BCUT2D eigenvalue weighted by molar-refractivity contribution is -0.591. The fraction of sp³-hybridized carbons (Fsp3) is 0. The average Bonchev–Trinajstić information content (AvgIpc) is 3.66. The third-order valence-corrected chi connectivity index (χ3v) is 9.87. The average molecular weight is 613 g/mol. The molecule has 0 spiro atoms. The van der Waals surface area contributed by atoms with Gasteiger partial charge in [0.05, 0.1) is 28.1 Å². The van der Waals surface area contributed by atoms with Crippen molar-refractivity contribution in [1.82, 2.24) is 18.9 Å². The van der Waals surface area contributed by atoms with E-state index in [2.05, 4.69) is 171 Å². The second-order valence-corrected chi connectivity index (χ2v) is 12.5. The Bertz CT molecular complexity index is 3050. The Labute approximate surface area is 274 Å². The summed E-state index contributed by atoms with van der Waals surface area (Å²) in [6, 6.07) is 53.8. The summed E-state index contributed by atoms with van der Waals surface area (Å²) in [5.41, 5.74) is 8.52. The summed E-state index contributed by atoms with van der Waals surface area (Å²) in [7, 11) is 0. The van der Waals surface area contributed by atoms with E-state index in [-0.39, 0.29) is 0 Å². The molecule has 11 aromatic rings. The standard InChI is InChI=1S/C43H26N5/c1-3-12-27(13-4-1)42-44-34-22-23-38-40-39-33(32-18-9-10-20-36(32)48(42)41(34)40)19-11-21-37(39)47(38)43-45-35-25-29-15-8-7-14-28(29)24-30(35)26-46(43)31-16-5-2-6-17-31/h1-26H/q+1. The van der Waals surface area contributed by atoms with Crippen LogP contribution in [0.15, 0.2) is 158 Å². The molecule has 7 aromatic carbocycles. The molecule has 0 amide bonds. The predicted octanol–water partition coefficient (Wildman–Crippen LogP) is 9.82. The lowest BCUT2D eigenvalue weighted by atomic mass is 10.1. The first-order valence-electron chi connectivity index (χ1n) is 16.3. The van der Waals surface area contributed by atoms with Crippen LogP contribution < -0.4 is 4.57 Å². The van der Waals surface area contributed by atoms with Gasteiger partial charge in [-0.25, -0.2) is 9.55 Å². The third-order valence-electron chi connectivity index (χ3n) is 9.87. The molecule has 0 aliphatic heterocycles. The van der Waals surface area contributed by atoms with Gasteiger partial charge in [-0.15, -0.1) is 0 Å². The Morgan fingerprint density at radius 3 is 2.02 bits per heavy atom. The summed E-state index contributed by atoms with van der Waals surface area (Å²) in [6.07, 6.45) is 2.23. The van der Waals surface area contributed by atoms with Gasteiger partial charge in [0.15, 0.2) is 5.52 Å². The summed E-state index contributed by atoms with van der Waals surface area (Å²) in [6.45, 7) is 0. The van der Waals surface area contributed by atoms with Gasteiger partial charge in [-0.3, -0.25) is 4.40 Å². The minimum absolute atomic E-state index is 0.837. The van der Waals surface area contributed by atoms with Crippen LogP contribution in [0.5, 0.6) is 0 Å². The fourth-order valence-corrected chi connectivity index (χ4v) is 7.80. The monoisotopic (exact) mass is 612 g/mol. The molecule has 5 heteroatoms. The van der Waals surface area contributed by atoms with Gasteiger partial charge in [0, 0.05) is 21.7 Å². The van der Waals surface area contributed by atoms with Crippen LogP contribution in [-0.4, -0.2) is 18.9 Å². The molecule has 0 radical (unpaired) electrons. The van der Waals surface area contributed by atoms with Crippen LogP contribution >= 0.6 is 0 Å². The topological polar surface area (TPSA) is 39.0 Å². The summed E-state index contributed by atoms with van der Waals surface area (Å²) in [5, 5.41) is 8.25. The van der Waals surface area contributed by atoms with Crippen LogP contribution in [0.25, 0.3) is 93.8 Å². The first kappa shape index (κ1) is 25.6. The van der Waals surface area contributed by atoms with Crippen molar-refractivity contribution in [2.24, 2.45) is 0 Å². The minimum Gasteiger partial charge on any atom is -0.291 e. The zero-order valence-corrected chi connectivity index (χ0v) is 25.7. The SMILES string of the molecule is c1ccc(-c2nc3ccc4c5c6c(cccc6n4-c4nc6cc7ccccc7cc6c[n+]4-c4ccccc4)c4ccccc4n2c35)cc1. The lowest BCUT2D eigenvalue weighted by Crippen LogP contribution is -2.37. The maximum atomic E-state index is 5.50. The Balaban J connectivity index is 1.36. The highest BCUT2D eigenvalue weighted by atomic mass is 15.2. The number of fused-ring (bicyclic) bond motifs is 5. The van der Waals surface area contributed by atoms with Gasteiger partial charge in [-0.1, -0.05) is 108 Å². The molecule has 48 heavy (non-hydrogen) atoms. The molecule has 11 rings (SSSR count). The zero-order chi connectivity index (χ0) is 31.3. The normalized spacial score (nSPS) is 12.2. The maximum Gasteiger partial charge on any atom is 0.409 e. The van der Waals surface area contributed by atoms with Gasteiger partial charge in [-0.05, 0) is 64.7 Å². The molecule has 0 bridgehead atoms. The first-order chi connectivity index (χ1) is 23.8. The minimum atomic E-state index is 0.837. The Kier molecular flexibility index (Phi) is 5.05. The van der Waals surface area contributed by atoms with Gasteiger partial charge < -0.3 is 0 Å². The van der Waals surface area contributed by atoms with E-state index in [0.29, 0.717) is 0 Å². The molecule has 4 heterocycles. The number of imidazole rings is 1. The van der Waals surface area contributed by atoms with Crippen LogP contribution in [0.2, 0.25) is 0 Å². The molecule has 0 atom stereocenters. The van der Waals surface area contributed by atoms with Crippen LogP contribution in [0, 0.1) is 0 Å². The highest BCUT2D eigenvalue weighted by Gasteiger charge is 2.29. The van der Waals surface area contributed by atoms with Gasteiger partial charge in [-0.2, -0.15) is 4.57 Å². The highest BCUT2D eigenvalue weighted by molar-refractivity contribution is 6.30. The van der Waals surface area contributed by atoms with Crippen molar-refractivity contribution in [1.29, 1.82) is 0 Å². The molecular formula is C43H26N5+. The van der Waals surface area contributed by atoms with E-state index >= 15 is 0 Å². The lowest BCUT2D eigenvalue weighted by Gasteiger charge is -2.10. The molecule has 0 unspecified atom stereocenters. The van der Waals surface area contributed by atoms with E-state index < -0.39 is 0 Å². The number of rotatable bonds is 3. The molecule has 222 valence electrons. The van der Waals surface area contributed by atoms with E-state index in [0.717, 1.165) is 61.5 Å². The summed E-state index contributed by atoms with van der Waals surface area (Å²) >= 11 is 0. The number of para-hydroxylation sites is 2. The summed E-state index contributed by atoms with van der Waals surface area (Å²) in [4.78, 5) is 10.8. The van der Waals surface area contributed by atoms with Crippen molar-refractivity contribution >= 4 is 70.8 Å². The third kappa shape index (κ3) is 3.42. The molecule has 0 fully saturated rings. The van der Waals surface area contributed by atoms with E-state index in [4.69, 9.17) is 9.97 Å². The molecule has 0 saturated heterocycles. The number of hydrogen-bond donors (Lipinski definition) is 0. The largest absolute Gasteiger partial charge is 0.409 e. The van der Waals surface area contributed by atoms with Crippen molar-refractivity contribution in [2.75, 3.05) is 0 Å². The molecule has 4 aromatic heterocycles. The fourth-order valence-electron chi connectivity index (χ4n) is 7.80. The van der Waals surface area contributed by atoms with E-state index in [1.54, 1.807) is 0 Å². The van der Waals surface area contributed by atoms with Gasteiger partial charge in [0.1, 0.15) is 22.5 Å². The van der Waals surface area contributed by atoms with Crippen molar-refractivity contribution in [3.63, 3.8) is 0 Å². The number of aromatic nitrogens is 5. The van der Waals surface area contributed by atoms with Crippen molar-refractivity contribution in [2.45, 2.75) is 0 Å². The Morgan fingerprint density at radius 1 is 0.479 bits per heavy atom. The number of nitrogens with zero attached hydrogens (tertiary/aromatic N) is 5. The van der Waals surface area contributed by atoms with E-state index in [1.807, 2.05) is 0 Å². The Morgan fingerprint density at radius 2 is 1.17 bits per heavy atom. The highest BCUT2D eigenvalue weighted by Crippen LogP contribution is 2.43. The maximum absolute atomic E-state index is 5.50. The first-order valence-corrected chi connectivity index (χ1v) is 16.3. The molecule has 0 aliphatic rings. The quantitative estimate of drug-likeness (QED) is 0.147. The summed E-state index contributed by atoms with van der Waals surface area (Å²) < 4.78 is 6.96. The smallest absolute Gasteiger partial charge is 0.291 e. The van der Waals surface area contributed by atoms with Crippen LogP contribution in [0.1, 0.15) is 0 Å². The number of benzene rings is 7. The van der Waals surface area contributed by atoms with Gasteiger partial charge in [0.2, 0.25) is 0 Å². The second-order valence-electron chi connectivity index (χ2n) is 12.5. The zero-order valence-electron chi connectivity index (χ0n) is 25.7. The molecule has 5 nitrogen and oxygen atoms in total. The summed E-state index contributed by atoms with van der Waals surface area (Å²) in [5.74, 6) is 1.78. The van der Waals surface area contributed by atoms with Crippen molar-refractivity contribution in [3.8, 4) is 23.0 Å². The van der Waals surface area contributed by atoms with Crippen molar-refractivity contribution < 1.29 is 4.57 Å². The van der Waals surface area contributed by atoms with Crippen molar-refractivity contribution in [3.05, 3.63) is 158 Å². The Hall–Kier alpha value is -6.59. The molecule has 0 aliphatic carbocycles. The molecule has 0 saturated carbocycles. The number of hydrogen-bond acceptors (Lipinski definition) is 2. The predicted molar refractivity (Wildman–Crippen MR) is 196 cm³/mol. The molecule has 0 N–H and O–H groups in total. The second kappa shape index (κ2) is 9.47. The van der Waals surface area contributed by atoms with Gasteiger partial charge >= 0.3 is 5.95 Å². The van der Waals surface area contributed by atoms with Gasteiger partial charge in [0.25, 0.3) is 0 Å². The molecular weight excluding hydrogens is 587 g/mol. The van der Waals surface area contributed by atoms with Crippen LogP contribution in [-0.2, 0) is 0 Å². The van der Waals surface area contributed by atoms with Crippen LogP contribution in [0.4, 0.5) is 0 Å². The van der Waals surface area contributed by atoms with E-state index in [9.17, 15) is 0 Å². The van der Waals surface area contributed by atoms with E-state index in [1.165, 1.54) is 32.3 Å². The van der Waals surface area contributed by atoms with Crippen LogP contribution in [0.3, 0.4) is 0 Å².